The quantitative estimate of drug-likeness (QED) is 0.525. The van der Waals surface area contributed by atoms with Crippen LogP contribution in [0.25, 0.3) is 0 Å². The fourth-order valence-corrected chi connectivity index (χ4v) is 5.84. The molecule has 2 aromatic carbocycles. The molecule has 0 spiro atoms. The summed E-state index contributed by atoms with van der Waals surface area (Å²) >= 11 is 1.15. The Kier molecular flexibility index (Phi) is 6.80. The predicted molar refractivity (Wildman–Crippen MR) is 130 cm³/mol. The maximum Gasteiger partial charge on any atom is 0.271 e. The van der Waals surface area contributed by atoms with Crippen molar-refractivity contribution in [2.75, 3.05) is 23.1 Å². The van der Waals surface area contributed by atoms with E-state index in [-0.39, 0.29) is 22.4 Å². The molecule has 2 N–H and O–H groups in total. The van der Waals surface area contributed by atoms with Gasteiger partial charge < -0.3 is 10.2 Å². The summed E-state index contributed by atoms with van der Waals surface area (Å²) in [6.45, 7) is 3.39. The van der Waals surface area contributed by atoms with Gasteiger partial charge in [-0.25, -0.2) is 8.42 Å². The number of hydrogen-bond donors (Lipinski definition) is 2. The maximum atomic E-state index is 12.8. The van der Waals surface area contributed by atoms with Gasteiger partial charge in [0.15, 0.2) is 0 Å². The summed E-state index contributed by atoms with van der Waals surface area (Å²) in [6, 6.07) is 15.3. The van der Waals surface area contributed by atoms with Crippen molar-refractivity contribution < 1.29 is 18.0 Å². The second-order valence-electron chi connectivity index (χ2n) is 7.94. The Hall–Kier alpha value is -3.17. The molecule has 9 heteroatoms. The van der Waals surface area contributed by atoms with Crippen LogP contribution < -0.4 is 10.0 Å². The summed E-state index contributed by atoms with van der Waals surface area (Å²) in [5.74, 6) is -0.211. The molecular weight excluding hydrogens is 458 g/mol. The van der Waals surface area contributed by atoms with E-state index >= 15 is 0 Å². The van der Waals surface area contributed by atoms with E-state index in [9.17, 15) is 18.0 Å². The zero-order chi connectivity index (χ0) is 23.4. The van der Waals surface area contributed by atoms with Crippen LogP contribution in [0.2, 0.25) is 0 Å². The van der Waals surface area contributed by atoms with Gasteiger partial charge in [-0.1, -0.05) is 24.3 Å². The molecule has 4 rings (SSSR count). The second kappa shape index (κ2) is 9.76. The van der Waals surface area contributed by atoms with E-state index in [1.807, 2.05) is 11.8 Å². The third-order valence-electron chi connectivity index (χ3n) is 5.56. The van der Waals surface area contributed by atoms with Gasteiger partial charge in [-0.3, -0.25) is 14.3 Å². The average Bonchev–Trinajstić information content (AvgIpc) is 3.51. The molecule has 0 radical (unpaired) electrons. The topological polar surface area (TPSA) is 95.6 Å². The fourth-order valence-electron chi connectivity index (χ4n) is 3.79. The Morgan fingerprint density at radius 1 is 1.00 bits per heavy atom. The van der Waals surface area contributed by atoms with Crippen LogP contribution in [-0.4, -0.2) is 38.2 Å². The third-order valence-corrected chi connectivity index (χ3v) is 8.34. The minimum Gasteiger partial charge on any atom is -0.339 e. The second-order valence-corrected chi connectivity index (χ2v) is 10.8. The molecule has 3 aromatic rings. The summed E-state index contributed by atoms with van der Waals surface area (Å²) in [6.07, 6.45) is 2.17. The Labute approximate surface area is 197 Å². The van der Waals surface area contributed by atoms with Crippen LogP contribution in [0.3, 0.4) is 0 Å². The summed E-state index contributed by atoms with van der Waals surface area (Å²) < 4.78 is 27.4. The Balaban J connectivity index is 1.39. The lowest BCUT2D eigenvalue weighted by atomic mass is 10.0. The largest absolute Gasteiger partial charge is 0.339 e. The number of likely N-dealkylation sites (tertiary alicyclic amines) is 1. The van der Waals surface area contributed by atoms with E-state index in [1.165, 1.54) is 0 Å². The first kappa shape index (κ1) is 23.0. The number of carbonyl (C=O) groups is 2. The average molecular weight is 484 g/mol. The molecule has 1 fully saturated rings. The van der Waals surface area contributed by atoms with Crippen LogP contribution >= 0.6 is 11.3 Å². The van der Waals surface area contributed by atoms with E-state index in [0.29, 0.717) is 16.9 Å². The number of nitrogens with zero attached hydrogens (tertiary/aromatic N) is 1. The molecular formula is C24H25N3O4S2. The van der Waals surface area contributed by atoms with E-state index < -0.39 is 10.0 Å². The van der Waals surface area contributed by atoms with Gasteiger partial charge in [-0.2, -0.15) is 0 Å². The molecule has 33 heavy (non-hydrogen) atoms. The Bertz CT molecular complexity index is 1250. The monoisotopic (exact) mass is 483 g/mol. The summed E-state index contributed by atoms with van der Waals surface area (Å²) in [5, 5.41) is 4.60. The number of anilines is 2. The lowest BCUT2D eigenvalue weighted by Gasteiger charge is -2.18. The van der Waals surface area contributed by atoms with Crippen molar-refractivity contribution in [3.05, 3.63) is 76.7 Å². The van der Waals surface area contributed by atoms with Gasteiger partial charge in [0.1, 0.15) is 4.21 Å². The maximum absolute atomic E-state index is 12.8. The molecule has 2 amide bonds. The first-order valence-electron chi connectivity index (χ1n) is 10.7. The van der Waals surface area contributed by atoms with Crippen molar-refractivity contribution in [3.8, 4) is 0 Å². The molecule has 0 bridgehead atoms. The van der Waals surface area contributed by atoms with Gasteiger partial charge in [0.25, 0.3) is 15.9 Å². The number of rotatable bonds is 7. The Morgan fingerprint density at radius 2 is 1.73 bits per heavy atom. The molecule has 2 heterocycles. The molecule has 7 nitrogen and oxygen atoms in total. The van der Waals surface area contributed by atoms with Crippen molar-refractivity contribution >= 4 is 44.5 Å². The van der Waals surface area contributed by atoms with Crippen LogP contribution in [0.4, 0.5) is 11.4 Å². The number of sulfonamides is 1. The van der Waals surface area contributed by atoms with E-state index in [0.717, 1.165) is 48.4 Å². The highest BCUT2D eigenvalue weighted by molar-refractivity contribution is 7.94. The van der Waals surface area contributed by atoms with Crippen molar-refractivity contribution in [1.82, 2.24) is 4.90 Å². The Morgan fingerprint density at radius 3 is 2.39 bits per heavy atom. The highest BCUT2D eigenvalue weighted by Gasteiger charge is 2.22. The highest BCUT2D eigenvalue weighted by atomic mass is 32.2. The normalized spacial score (nSPS) is 13.7. The molecule has 0 saturated carbocycles. The summed E-state index contributed by atoms with van der Waals surface area (Å²) in [5.41, 5.74) is 3.15. The molecule has 1 aliphatic rings. The molecule has 1 aliphatic heterocycles. The number of carbonyl (C=O) groups excluding carboxylic acids is 2. The lowest BCUT2D eigenvalue weighted by molar-refractivity contribution is -0.115. The van der Waals surface area contributed by atoms with Crippen molar-refractivity contribution in [1.29, 1.82) is 0 Å². The number of thiophene rings is 1. The minimum absolute atomic E-state index is 0.00156. The van der Waals surface area contributed by atoms with Crippen LogP contribution in [0.5, 0.6) is 0 Å². The van der Waals surface area contributed by atoms with Crippen LogP contribution in [0.1, 0.15) is 34.3 Å². The number of nitrogens with one attached hydrogen (secondary N) is 2. The molecule has 1 saturated heterocycles. The zero-order valence-corrected chi connectivity index (χ0v) is 19.8. The minimum atomic E-state index is -3.61. The van der Waals surface area contributed by atoms with Gasteiger partial charge in [0.05, 0.1) is 6.42 Å². The van der Waals surface area contributed by atoms with Gasteiger partial charge in [0.2, 0.25) is 5.91 Å². The fraction of sp³-hybridized carbons (Fsp3) is 0.250. The molecule has 0 atom stereocenters. The third kappa shape index (κ3) is 5.43. The molecule has 172 valence electrons. The van der Waals surface area contributed by atoms with Crippen LogP contribution in [0.15, 0.2) is 64.2 Å². The first-order chi connectivity index (χ1) is 15.8. The van der Waals surface area contributed by atoms with Crippen molar-refractivity contribution in [2.24, 2.45) is 0 Å². The van der Waals surface area contributed by atoms with Crippen LogP contribution in [0, 0.1) is 6.92 Å². The first-order valence-corrected chi connectivity index (χ1v) is 13.0. The number of hydrogen-bond acceptors (Lipinski definition) is 5. The van der Waals surface area contributed by atoms with E-state index in [1.54, 1.807) is 60.0 Å². The standard InChI is InChI=1S/C24H25N3O4S2/c1-17-20(24(29)27-13-2-3-14-27)6-4-7-21(17)25-22(28)16-18-9-11-19(12-10-18)26-33(30,31)23-8-5-15-32-23/h4-12,15,26H,2-3,13-14,16H2,1H3,(H,25,28). The van der Waals surface area contributed by atoms with E-state index in [2.05, 4.69) is 10.0 Å². The van der Waals surface area contributed by atoms with Gasteiger partial charge in [-0.05, 0) is 66.6 Å². The highest BCUT2D eigenvalue weighted by Crippen LogP contribution is 2.23. The lowest BCUT2D eigenvalue weighted by Crippen LogP contribution is -2.28. The van der Waals surface area contributed by atoms with Gasteiger partial charge in [0, 0.05) is 30.0 Å². The SMILES string of the molecule is Cc1c(NC(=O)Cc2ccc(NS(=O)(=O)c3cccs3)cc2)cccc1C(=O)N1CCCC1. The molecule has 0 unspecified atom stereocenters. The van der Waals surface area contributed by atoms with Gasteiger partial charge >= 0.3 is 0 Å². The molecule has 1 aromatic heterocycles. The van der Waals surface area contributed by atoms with Crippen molar-refractivity contribution in [3.63, 3.8) is 0 Å². The van der Waals surface area contributed by atoms with Crippen LogP contribution in [-0.2, 0) is 21.2 Å². The van der Waals surface area contributed by atoms with Crippen molar-refractivity contribution in [2.45, 2.75) is 30.4 Å². The van der Waals surface area contributed by atoms with E-state index in [4.69, 9.17) is 0 Å². The number of benzene rings is 2. The van der Waals surface area contributed by atoms with Gasteiger partial charge in [-0.15, -0.1) is 11.3 Å². The zero-order valence-electron chi connectivity index (χ0n) is 18.2. The number of amides is 2. The smallest absolute Gasteiger partial charge is 0.271 e. The molecule has 0 aliphatic carbocycles. The predicted octanol–water partition coefficient (Wildman–Crippen LogP) is 4.27. The summed E-state index contributed by atoms with van der Waals surface area (Å²) in [4.78, 5) is 27.2. The summed E-state index contributed by atoms with van der Waals surface area (Å²) in [7, 11) is -3.61.